The predicted molar refractivity (Wildman–Crippen MR) is 91.1 cm³/mol. The highest BCUT2D eigenvalue weighted by Gasteiger charge is 2.21. The first-order chi connectivity index (χ1) is 9.86. The summed E-state index contributed by atoms with van der Waals surface area (Å²) in [5, 5.41) is 0.393. The van der Waals surface area contributed by atoms with Crippen molar-refractivity contribution in [1.29, 1.82) is 0 Å². The zero-order valence-corrected chi connectivity index (χ0v) is 14.6. The number of benzene rings is 2. The third-order valence-corrected chi connectivity index (χ3v) is 4.83. The molecule has 0 radical (unpaired) electrons. The molecule has 3 heteroatoms. The minimum Gasteiger partial charge on any atom is -0.496 e. The Balaban J connectivity index is 2.63. The molecular formula is C18H20Cl2O. The largest absolute Gasteiger partial charge is 0.496 e. The van der Waals surface area contributed by atoms with Crippen molar-refractivity contribution >= 4 is 23.2 Å². The normalized spacial score (nSPS) is 12.3. The van der Waals surface area contributed by atoms with Gasteiger partial charge < -0.3 is 4.74 Å². The first-order valence-corrected chi connectivity index (χ1v) is 7.73. The number of hydrogen-bond acceptors (Lipinski definition) is 1. The van der Waals surface area contributed by atoms with E-state index in [0.29, 0.717) is 5.02 Å². The van der Waals surface area contributed by atoms with Crippen molar-refractivity contribution in [1.82, 2.24) is 0 Å². The maximum absolute atomic E-state index is 6.80. The summed E-state index contributed by atoms with van der Waals surface area (Å²) in [5.74, 6) is 0.723. The smallest absolute Gasteiger partial charge is 0.125 e. The van der Waals surface area contributed by atoms with Crippen LogP contribution in [0.4, 0.5) is 0 Å². The van der Waals surface area contributed by atoms with Crippen LogP contribution in [-0.4, -0.2) is 7.11 Å². The zero-order valence-electron chi connectivity index (χ0n) is 13.1. The number of hydrogen-bond donors (Lipinski definition) is 0. The van der Waals surface area contributed by atoms with Gasteiger partial charge in [0, 0.05) is 10.6 Å². The minimum absolute atomic E-state index is 0.254. The van der Waals surface area contributed by atoms with Crippen molar-refractivity contribution < 1.29 is 4.74 Å². The fourth-order valence-electron chi connectivity index (χ4n) is 2.68. The lowest BCUT2D eigenvalue weighted by atomic mass is 9.89. The van der Waals surface area contributed by atoms with Crippen molar-refractivity contribution in [3.05, 3.63) is 62.7 Å². The summed E-state index contributed by atoms with van der Waals surface area (Å²) in [6.45, 7) is 8.48. The van der Waals surface area contributed by atoms with Gasteiger partial charge in [0.05, 0.1) is 12.5 Å². The van der Waals surface area contributed by atoms with Crippen LogP contribution in [0.3, 0.4) is 0 Å². The zero-order chi connectivity index (χ0) is 15.7. The highest BCUT2D eigenvalue weighted by molar-refractivity contribution is 6.30. The Bertz CT molecular complexity index is 651. The Hall–Kier alpha value is -1.18. The molecule has 2 aromatic carbocycles. The lowest BCUT2D eigenvalue weighted by molar-refractivity contribution is 0.410. The van der Waals surface area contributed by atoms with Crippen molar-refractivity contribution in [3.8, 4) is 5.75 Å². The summed E-state index contributed by atoms with van der Waals surface area (Å²) in [7, 11) is 1.64. The molecule has 0 aliphatic heterocycles. The maximum Gasteiger partial charge on any atom is 0.125 e. The van der Waals surface area contributed by atoms with Gasteiger partial charge in [0.15, 0.2) is 0 Å². The van der Waals surface area contributed by atoms with Crippen LogP contribution in [0.15, 0.2) is 24.3 Å². The van der Waals surface area contributed by atoms with E-state index in [0.717, 1.165) is 16.9 Å². The van der Waals surface area contributed by atoms with Gasteiger partial charge in [-0.25, -0.2) is 0 Å². The van der Waals surface area contributed by atoms with Crippen LogP contribution in [0.1, 0.15) is 38.8 Å². The Kier molecular flexibility index (Phi) is 4.85. The molecule has 112 valence electrons. The van der Waals surface area contributed by atoms with Gasteiger partial charge in [-0.15, -0.1) is 11.6 Å². The van der Waals surface area contributed by atoms with Gasteiger partial charge in [0.2, 0.25) is 0 Å². The van der Waals surface area contributed by atoms with Crippen LogP contribution in [0, 0.1) is 27.7 Å². The van der Waals surface area contributed by atoms with E-state index in [1.807, 2.05) is 12.1 Å². The highest BCUT2D eigenvalue weighted by atomic mass is 35.5. The van der Waals surface area contributed by atoms with E-state index in [4.69, 9.17) is 27.9 Å². The number of alkyl halides is 1. The molecule has 2 rings (SSSR count). The molecule has 0 aliphatic carbocycles. The Labute approximate surface area is 136 Å². The molecule has 21 heavy (non-hydrogen) atoms. The number of ether oxygens (including phenoxy) is 1. The fraction of sp³-hybridized carbons (Fsp3) is 0.333. The Morgan fingerprint density at radius 2 is 1.52 bits per heavy atom. The second-order valence-corrected chi connectivity index (χ2v) is 6.30. The number of halogens is 2. The van der Waals surface area contributed by atoms with Crippen molar-refractivity contribution in [2.45, 2.75) is 33.1 Å². The van der Waals surface area contributed by atoms with Gasteiger partial charge in [-0.1, -0.05) is 23.7 Å². The molecule has 2 aromatic rings. The quantitative estimate of drug-likeness (QED) is 0.638. The molecule has 0 N–H and O–H groups in total. The molecular weight excluding hydrogens is 303 g/mol. The SMILES string of the molecule is COc1cc(Cl)ccc1C(Cl)c1c(C)c(C)cc(C)c1C. The monoisotopic (exact) mass is 322 g/mol. The first-order valence-electron chi connectivity index (χ1n) is 6.91. The summed E-state index contributed by atoms with van der Waals surface area (Å²) >= 11 is 12.8. The van der Waals surface area contributed by atoms with E-state index in [1.54, 1.807) is 13.2 Å². The molecule has 1 nitrogen and oxygen atoms in total. The van der Waals surface area contributed by atoms with Crippen LogP contribution in [-0.2, 0) is 0 Å². The van der Waals surface area contributed by atoms with E-state index in [2.05, 4.69) is 33.8 Å². The third-order valence-electron chi connectivity index (χ3n) is 4.15. The standard InChI is InChI=1S/C18H20Cl2O/c1-10-8-11(2)13(4)17(12(10)3)18(20)15-7-6-14(19)9-16(15)21-5/h6-9,18H,1-5H3. The summed E-state index contributed by atoms with van der Waals surface area (Å²) < 4.78 is 5.44. The average Bonchev–Trinajstić information content (AvgIpc) is 2.45. The van der Waals surface area contributed by atoms with Gasteiger partial charge in [0.1, 0.15) is 5.75 Å². The van der Waals surface area contributed by atoms with Gasteiger partial charge >= 0.3 is 0 Å². The molecule has 1 atom stereocenters. The molecule has 0 spiro atoms. The number of rotatable bonds is 3. The van der Waals surface area contributed by atoms with Crippen LogP contribution >= 0.6 is 23.2 Å². The van der Waals surface area contributed by atoms with Gasteiger partial charge in [-0.2, -0.15) is 0 Å². The fourth-order valence-corrected chi connectivity index (χ4v) is 3.35. The molecule has 0 aromatic heterocycles. The van der Waals surface area contributed by atoms with E-state index in [-0.39, 0.29) is 5.38 Å². The second kappa shape index (κ2) is 6.29. The maximum atomic E-state index is 6.80. The van der Waals surface area contributed by atoms with Gasteiger partial charge in [0.25, 0.3) is 0 Å². The van der Waals surface area contributed by atoms with Gasteiger partial charge in [-0.05, 0) is 67.6 Å². The molecule has 0 heterocycles. The van der Waals surface area contributed by atoms with E-state index in [9.17, 15) is 0 Å². The van der Waals surface area contributed by atoms with Crippen molar-refractivity contribution in [2.24, 2.45) is 0 Å². The topological polar surface area (TPSA) is 9.23 Å². The molecule has 0 saturated heterocycles. The van der Waals surface area contributed by atoms with Crippen molar-refractivity contribution in [3.63, 3.8) is 0 Å². The molecule has 0 fully saturated rings. The summed E-state index contributed by atoms with van der Waals surface area (Å²) in [5.41, 5.74) is 7.08. The predicted octanol–water partition coefficient (Wildman–Crippen LogP) is 5.91. The lowest BCUT2D eigenvalue weighted by Crippen LogP contribution is -2.05. The molecule has 0 amide bonds. The Morgan fingerprint density at radius 1 is 0.952 bits per heavy atom. The lowest BCUT2D eigenvalue weighted by Gasteiger charge is -2.21. The number of methoxy groups -OCH3 is 1. The van der Waals surface area contributed by atoms with E-state index < -0.39 is 0 Å². The molecule has 0 saturated carbocycles. The highest BCUT2D eigenvalue weighted by Crippen LogP contribution is 2.40. The summed E-state index contributed by atoms with van der Waals surface area (Å²) in [4.78, 5) is 0. The van der Waals surface area contributed by atoms with Crippen LogP contribution < -0.4 is 4.74 Å². The summed E-state index contributed by atoms with van der Waals surface area (Å²) in [6, 6.07) is 7.80. The van der Waals surface area contributed by atoms with E-state index in [1.165, 1.54) is 22.3 Å². The van der Waals surface area contributed by atoms with Crippen LogP contribution in [0.25, 0.3) is 0 Å². The number of aryl methyl sites for hydroxylation is 2. The summed E-state index contributed by atoms with van der Waals surface area (Å²) in [6.07, 6.45) is 0. The second-order valence-electron chi connectivity index (χ2n) is 5.42. The van der Waals surface area contributed by atoms with Crippen LogP contribution in [0.2, 0.25) is 5.02 Å². The average molecular weight is 323 g/mol. The first kappa shape index (κ1) is 16.2. The van der Waals surface area contributed by atoms with Crippen molar-refractivity contribution in [2.75, 3.05) is 7.11 Å². The Morgan fingerprint density at radius 3 is 2.05 bits per heavy atom. The minimum atomic E-state index is -0.254. The molecule has 1 unspecified atom stereocenters. The molecule has 0 bridgehead atoms. The third kappa shape index (κ3) is 3.04. The van der Waals surface area contributed by atoms with Crippen LogP contribution in [0.5, 0.6) is 5.75 Å². The van der Waals surface area contributed by atoms with E-state index >= 15 is 0 Å². The van der Waals surface area contributed by atoms with Gasteiger partial charge in [-0.3, -0.25) is 0 Å². The molecule has 0 aliphatic rings.